The van der Waals surface area contributed by atoms with Crippen LogP contribution in [0.3, 0.4) is 0 Å². The maximum absolute atomic E-state index is 4.36. The van der Waals surface area contributed by atoms with E-state index in [2.05, 4.69) is 65.6 Å². The van der Waals surface area contributed by atoms with Crippen LogP contribution in [-0.4, -0.2) is 46.9 Å². The fraction of sp³-hybridized carbons (Fsp3) is 0.500. The van der Waals surface area contributed by atoms with Gasteiger partial charge in [0.15, 0.2) is 11.8 Å². The molecule has 2 N–H and O–H groups in total. The molecule has 8 heteroatoms. The molecule has 0 aliphatic carbocycles. The smallest absolute Gasteiger partial charge is 0.191 e. The standard InChI is InChI=1S/C18H25N7.HI/c1-19-18(20-12-17-23-22-16-8-5-10-25(16)17)21-14-9-11-24(13-14)15-6-3-2-4-7-15;/h2-4,6-7,14H,5,8-13H2,1H3,(H2,19,20,21);1H. The van der Waals surface area contributed by atoms with Gasteiger partial charge in [0.25, 0.3) is 0 Å². The number of hydrogen-bond acceptors (Lipinski definition) is 4. The Hall–Kier alpha value is -1.84. The summed E-state index contributed by atoms with van der Waals surface area (Å²) in [6, 6.07) is 11.0. The van der Waals surface area contributed by atoms with Gasteiger partial charge in [0.2, 0.25) is 0 Å². The number of guanidine groups is 1. The summed E-state index contributed by atoms with van der Waals surface area (Å²) < 4.78 is 2.22. The summed E-state index contributed by atoms with van der Waals surface area (Å²) in [5.74, 6) is 2.93. The normalized spacial score (nSPS) is 19.2. The Morgan fingerprint density at radius 3 is 2.88 bits per heavy atom. The van der Waals surface area contributed by atoms with E-state index in [1.807, 2.05) is 7.05 Å². The second kappa shape index (κ2) is 8.70. The van der Waals surface area contributed by atoms with Crippen molar-refractivity contribution in [2.24, 2.45) is 4.99 Å². The predicted octanol–water partition coefficient (Wildman–Crippen LogP) is 1.79. The fourth-order valence-electron chi connectivity index (χ4n) is 3.64. The molecule has 3 heterocycles. The highest BCUT2D eigenvalue weighted by Gasteiger charge is 2.23. The molecule has 0 radical (unpaired) electrons. The van der Waals surface area contributed by atoms with Crippen molar-refractivity contribution in [2.75, 3.05) is 25.0 Å². The topological polar surface area (TPSA) is 70.4 Å². The summed E-state index contributed by atoms with van der Waals surface area (Å²) >= 11 is 0. The van der Waals surface area contributed by atoms with E-state index in [9.17, 15) is 0 Å². The third-order valence-corrected chi connectivity index (χ3v) is 4.97. The highest BCUT2D eigenvalue weighted by atomic mass is 127. The van der Waals surface area contributed by atoms with E-state index < -0.39 is 0 Å². The molecule has 1 unspecified atom stereocenters. The number of aliphatic imine (C=N–C) groups is 1. The Morgan fingerprint density at radius 2 is 2.08 bits per heavy atom. The Kier molecular flexibility index (Phi) is 6.33. The van der Waals surface area contributed by atoms with Crippen molar-refractivity contribution in [2.45, 2.75) is 38.4 Å². The van der Waals surface area contributed by atoms with E-state index >= 15 is 0 Å². The Bertz CT molecular complexity index is 743. The van der Waals surface area contributed by atoms with E-state index in [0.717, 1.165) is 50.1 Å². The largest absolute Gasteiger partial charge is 0.369 e. The monoisotopic (exact) mass is 467 g/mol. The molecule has 2 aliphatic heterocycles. The average molecular weight is 467 g/mol. The van der Waals surface area contributed by atoms with Crippen molar-refractivity contribution in [3.05, 3.63) is 42.0 Å². The number of nitrogens with one attached hydrogen (secondary N) is 2. The maximum atomic E-state index is 4.36. The molecule has 0 bridgehead atoms. The van der Waals surface area contributed by atoms with Gasteiger partial charge in [0.1, 0.15) is 5.82 Å². The lowest BCUT2D eigenvalue weighted by Gasteiger charge is -2.20. The highest BCUT2D eigenvalue weighted by molar-refractivity contribution is 14.0. The highest BCUT2D eigenvalue weighted by Crippen LogP contribution is 2.19. The third-order valence-electron chi connectivity index (χ3n) is 4.97. The van der Waals surface area contributed by atoms with Crippen LogP contribution in [0.4, 0.5) is 5.69 Å². The molecule has 1 aromatic carbocycles. The minimum Gasteiger partial charge on any atom is -0.369 e. The summed E-state index contributed by atoms with van der Waals surface area (Å²) in [6.45, 7) is 3.74. The molecule has 2 aliphatic rings. The average Bonchev–Trinajstić information content (AvgIpc) is 3.37. The van der Waals surface area contributed by atoms with Gasteiger partial charge in [-0.05, 0) is 25.0 Å². The lowest BCUT2D eigenvalue weighted by atomic mass is 10.3. The number of aryl methyl sites for hydroxylation is 1. The minimum absolute atomic E-state index is 0. The molecule has 1 atom stereocenters. The zero-order chi connectivity index (χ0) is 17.1. The van der Waals surface area contributed by atoms with Gasteiger partial charge in [-0.3, -0.25) is 4.99 Å². The van der Waals surface area contributed by atoms with Gasteiger partial charge in [0, 0.05) is 44.8 Å². The lowest BCUT2D eigenvalue weighted by molar-refractivity contribution is 0.630. The first-order chi connectivity index (χ1) is 12.3. The van der Waals surface area contributed by atoms with Crippen LogP contribution in [0.2, 0.25) is 0 Å². The van der Waals surface area contributed by atoms with Crippen LogP contribution in [0.1, 0.15) is 24.5 Å². The van der Waals surface area contributed by atoms with Crippen molar-refractivity contribution in [1.29, 1.82) is 0 Å². The molecule has 1 saturated heterocycles. The summed E-state index contributed by atoms with van der Waals surface area (Å²) in [6.07, 6.45) is 3.31. The van der Waals surface area contributed by atoms with Crippen LogP contribution >= 0.6 is 24.0 Å². The number of benzene rings is 1. The molecule has 4 rings (SSSR count). The molecular weight excluding hydrogens is 441 g/mol. The zero-order valence-electron chi connectivity index (χ0n) is 15.1. The molecule has 1 aromatic heterocycles. The lowest BCUT2D eigenvalue weighted by Crippen LogP contribution is -2.44. The summed E-state index contributed by atoms with van der Waals surface area (Å²) in [7, 11) is 1.81. The van der Waals surface area contributed by atoms with E-state index in [-0.39, 0.29) is 24.0 Å². The Morgan fingerprint density at radius 1 is 1.23 bits per heavy atom. The van der Waals surface area contributed by atoms with E-state index in [4.69, 9.17) is 0 Å². The molecule has 1 fully saturated rings. The molecule has 0 saturated carbocycles. The van der Waals surface area contributed by atoms with Crippen LogP contribution < -0.4 is 15.5 Å². The molecule has 0 spiro atoms. The summed E-state index contributed by atoms with van der Waals surface area (Å²) in [4.78, 5) is 6.77. The minimum atomic E-state index is 0. The van der Waals surface area contributed by atoms with Gasteiger partial charge in [-0.25, -0.2) is 0 Å². The van der Waals surface area contributed by atoms with Crippen LogP contribution in [-0.2, 0) is 19.5 Å². The number of anilines is 1. The zero-order valence-corrected chi connectivity index (χ0v) is 17.4. The van der Waals surface area contributed by atoms with Crippen molar-refractivity contribution < 1.29 is 0 Å². The van der Waals surface area contributed by atoms with Crippen molar-refractivity contribution in [1.82, 2.24) is 25.4 Å². The third kappa shape index (κ3) is 4.11. The van der Waals surface area contributed by atoms with Crippen LogP contribution in [0, 0.1) is 0 Å². The van der Waals surface area contributed by atoms with E-state index in [1.165, 1.54) is 12.1 Å². The van der Waals surface area contributed by atoms with Crippen LogP contribution in [0.5, 0.6) is 0 Å². The molecule has 0 amide bonds. The predicted molar refractivity (Wildman–Crippen MR) is 114 cm³/mol. The van der Waals surface area contributed by atoms with E-state index in [0.29, 0.717) is 12.6 Å². The van der Waals surface area contributed by atoms with Gasteiger partial charge >= 0.3 is 0 Å². The molecule has 2 aromatic rings. The van der Waals surface area contributed by atoms with Crippen molar-refractivity contribution in [3.8, 4) is 0 Å². The van der Waals surface area contributed by atoms with Gasteiger partial charge < -0.3 is 20.1 Å². The summed E-state index contributed by atoms with van der Waals surface area (Å²) in [5.41, 5.74) is 1.29. The molecule has 140 valence electrons. The fourth-order valence-corrected chi connectivity index (χ4v) is 3.64. The number of para-hydroxylation sites is 1. The van der Waals surface area contributed by atoms with Gasteiger partial charge in [0.05, 0.1) is 6.54 Å². The van der Waals surface area contributed by atoms with Gasteiger partial charge in [-0.15, -0.1) is 34.2 Å². The number of rotatable bonds is 4. The number of fused-ring (bicyclic) bond motifs is 1. The SMILES string of the molecule is CN=C(NCc1nnc2n1CCC2)NC1CCN(c2ccccc2)C1.I. The van der Waals surface area contributed by atoms with Gasteiger partial charge in [-0.1, -0.05) is 18.2 Å². The summed E-state index contributed by atoms with van der Waals surface area (Å²) in [5, 5.41) is 15.5. The second-order valence-electron chi connectivity index (χ2n) is 6.62. The van der Waals surface area contributed by atoms with Gasteiger partial charge in [-0.2, -0.15) is 0 Å². The van der Waals surface area contributed by atoms with Crippen molar-refractivity contribution >= 4 is 35.6 Å². The first-order valence-corrected chi connectivity index (χ1v) is 9.01. The van der Waals surface area contributed by atoms with Crippen LogP contribution in [0.15, 0.2) is 35.3 Å². The van der Waals surface area contributed by atoms with Crippen molar-refractivity contribution in [3.63, 3.8) is 0 Å². The second-order valence-corrected chi connectivity index (χ2v) is 6.62. The number of nitrogens with zero attached hydrogens (tertiary/aromatic N) is 5. The first-order valence-electron chi connectivity index (χ1n) is 9.01. The quantitative estimate of drug-likeness (QED) is 0.408. The number of halogens is 1. The Balaban J connectivity index is 0.00000196. The Labute approximate surface area is 171 Å². The molecule has 26 heavy (non-hydrogen) atoms. The van der Waals surface area contributed by atoms with Crippen LogP contribution in [0.25, 0.3) is 0 Å². The first kappa shape index (κ1) is 18.9. The molecule has 7 nitrogen and oxygen atoms in total. The number of aromatic nitrogens is 3. The van der Waals surface area contributed by atoms with E-state index in [1.54, 1.807) is 0 Å². The molecular formula is C18H26IN7. The maximum Gasteiger partial charge on any atom is 0.191 e. The number of hydrogen-bond donors (Lipinski definition) is 2.